The summed E-state index contributed by atoms with van der Waals surface area (Å²) in [4.78, 5) is 20.0. The van der Waals surface area contributed by atoms with E-state index in [1.54, 1.807) is 0 Å². The first-order valence-corrected chi connectivity index (χ1v) is 5.37. The van der Waals surface area contributed by atoms with Crippen molar-refractivity contribution in [1.29, 1.82) is 0 Å². The Morgan fingerprint density at radius 3 is 1.69 bits per heavy atom. The molecule has 0 aromatic heterocycles. The van der Waals surface area contributed by atoms with E-state index in [1.807, 2.05) is 6.92 Å². The number of aliphatic carboxylic acids is 2. The Labute approximate surface area is 136 Å². The first kappa shape index (κ1) is 21.7. The van der Waals surface area contributed by atoms with Crippen LogP contribution in [0.5, 0.6) is 0 Å². The van der Waals surface area contributed by atoms with Crippen LogP contribution in [-0.2, 0) is 19.7 Å². The Bertz CT molecular complexity index is 311. The van der Waals surface area contributed by atoms with Crippen LogP contribution in [0.2, 0.25) is 0 Å². The summed E-state index contributed by atoms with van der Waals surface area (Å²) in [6.45, 7) is 5.50. The van der Waals surface area contributed by atoms with Crippen molar-refractivity contribution in [1.82, 2.24) is 0 Å². The summed E-state index contributed by atoms with van der Waals surface area (Å²) in [7, 11) is -4.84. The Balaban J connectivity index is -0.000000377. The van der Waals surface area contributed by atoms with Crippen LogP contribution in [0.15, 0.2) is 0 Å². The zero-order valence-electron chi connectivity index (χ0n) is 9.08. The Morgan fingerprint density at radius 1 is 1.31 bits per heavy atom. The van der Waals surface area contributed by atoms with Gasteiger partial charge in [0.15, 0.2) is 5.25 Å². The number of carboxylic acids is 2. The van der Waals surface area contributed by atoms with E-state index in [9.17, 15) is 18.0 Å². The van der Waals surface area contributed by atoms with Crippen molar-refractivity contribution in [2.24, 2.45) is 0 Å². The average Bonchev–Trinajstić information content (AvgIpc) is 1.98. The fraction of sp³-hybridized carbons (Fsp3) is 0.571. The van der Waals surface area contributed by atoms with Gasteiger partial charge < -0.3 is 17.1 Å². The molecule has 0 heterocycles. The van der Waals surface area contributed by atoms with Gasteiger partial charge >= 0.3 is 63.3 Å². The van der Waals surface area contributed by atoms with Gasteiger partial charge in [-0.05, 0) is 0 Å². The summed E-state index contributed by atoms with van der Waals surface area (Å²) in [5.41, 5.74) is 0. The molecule has 0 aromatic rings. The largest absolute Gasteiger partial charge is 1.00 e. The summed E-state index contributed by atoms with van der Waals surface area (Å²) >= 11 is 0. The quantitative estimate of drug-likeness (QED) is 0.285. The molecule has 0 aliphatic rings. The minimum atomic E-state index is -4.84. The standard InChI is InChI=1S/C4H6O7S.C3H7.K/c5-3(6)1-2(4(7)8)12(9,10)11;1-3-2;/h2H,1H2,(H,5,6)(H,7,8)(H,9,10,11);1,3H2,2H3;/q;-1;+1. The van der Waals surface area contributed by atoms with Gasteiger partial charge in [-0.2, -0.15) is 14.8 Å². The maximum atomic E-state index is 10.2. The predicted molar refractivity (Wildman–Crippen MR) is 50.9 cm³/mol. The number of rotatable bonds is 4. The van der Waals surface area contributed by atoms with Crippen molar-refractivity contribution in [2.45, 2.75) is 25.0 Å². The summed E-state index contributed by atoms with van der Waals surface area (Å²) in [5.74, 6) is -3.50. The van der Waals surface area contributed by atoms with Gasteiger partial charge in [-0.3, -0.25) is 14.1 Å². The number of hydrogen-bond donors (Lipinski definition) is 3. The van der Waals surface area contributed by atoms with E-state index in [0.29, 0.717) is 0 Å². The zero-order chi connectivity index (χ0) is 12.6. The van der Waals surface area contributed by atoms with Crippen molar-refractivity contribution in [3.8, 4) is 0 Å². The van der Waals surface area contributed by atoms with Crippen molar-refractivity contribution >= 4 is 22.1 Å². The van der Waals surface area contributed by atoms with E-state index in [1.165, 1.54) is 0 Å². The number of hydrogen-bond acceptors (Lipinski definition) is 4. The molecule has 0 aromatic carbocycles. The van der Waals surface area contributed by atoms with E-state index in [-0.39, 0.29) is 51.4 Å². The second kappa shape index (κ2) is 10.6. The third kappa shape index (κ3) is 12.6. The molecule has 7 nitrogen and oxygen atoms in total. The Morgan fingerprint density at radius 2 is 1.62 bits per heavy atom. The van der Waals surface area contributed by atoms with Crippen LogP contribution < -0.4 is 51.4 Å². The average molecular weight is 280 g/mol. The van der Waals surface area contributed by atoms with E-state index in [4.69, 9.17) is 14.8 Å². The van der Waals surface area contributed by atoms with Crippen LogP contribution >= 0.6 is 0 Å². The molecule has 0 aliphatic carbocycles. The second-order valence-corrected chi connectivity index (χ2v) is 4.04. The molecule has 9 heteroatoms. The molecule has 0 spiro atoms. The van der Waals surface area contributed by atoms with Crippen LogP contribution in [-0.4, -0.2) is 40.4 Å². The van der Waals surface area contributed by atoms with E-state index >= 15 is 0 Å². The maximum Gasteiger partial charge on any atom is 1.00 e. The van der Waals surface area contributed by atoms with E-state index < -0.39 is 33.7 Å². The summed E-state index contributed by atoms with van der Waals surface area (Å²) in [6.07, 6.45) is -0.159. The van der Waals surface area contributed by atoms with Gasteiger partial charge in [0.1, 0.15) is 0 Å². The van der Waals surface area contributed by atoms with Crippen molar-refractivity contribution in [2.75, 3.05) is 0 Å². The minimum absolute atomic E-state index is 0. The fourth-order valence-corrected chi connectivity index (χ4v) is 1.09. The molecule has 0 amide bonds. The topological polar surface area (TPSA) is 129 Å². The second-order valence-electron chi connectivity index (χ2n) is 2.44. The molecule has 3 N–H and O–H groups in total. The smallest absolute Gasteiger partial charge is 0.481 e. The van der Waals surface area contributed by atoms with Crippen LogP contribution in [0, 0.1) is 6.92 Å². The molecule has 0 aliphatic heterocycles. The molecule has 0 saturated heterocycles. The van der Waals surface area contributed by atoms with Gasteiger partial charge in [-0.15, -0.1) is 0 Å². The van der Waals surface area contributed by atoms with Gasteiger partial charge in [-0.25, -0.2) is 0 Å². The summed E-state index contributed by atoms with van der Waals surface area (Å²) < 4.78 is 28.7. The summed E-state index contributed by atoms with van der Waals surface area (Å²) in [5, 5.41) is 13.9. The zero-order valence-corrected chi connectivity index (χ0v) is 13.0. The molecular formula is C7H13KO7S. The van der Waals surface area contributed by atoms with E-state index in [2.05, 4.69) is 6.92 Å². The predicted octanol–water partition coefficient (Wildman–Crippen LogP) is -2.96. The monoisotopic (exact) mass is 280 g/mol. The summed E-state index contributed by atoms with van der Waals surface area (Å²) in [6, 6.07) is 0. The minimum Gasteiger partial charge on any atom is -0.481 e. The van der Waals surface area contributed by atoms with Gasteiger partial charge in [-0.1, -0.05) is 6.92 Å². The van der Waals surface area contributed by atoms with Crippen molar-refractivity contribution in [3.05, 3.63) is 6.92 Å². The molecule has 0 saturated carbocycles. The van der Waals surface area contributed by atoms with Crippen molar-refractivity contribution in [3.63, 3.8) is 0 Å². The third-order valence-corrected chi connectivity index (χ3v) is 2.08. The number of carbonyl (C=O) groups is 2. The Hall–Kier alpha value is 0.486. The molecule has 0 fully saturated rings. The molecule has 16 heavy (non-hydrogen) atoms. The third-order valence-electron chi connectivity index (χ3n) is 0.995. The number of carboxylic acid groups (broad SMARTS) is 2. The molecule has 1 atom stereocenters. The molecule has 1 unspecified atom stereocenters. The SMILES string of the molecule is O=C(O)CC(C(=O)O)S(=O)(=O)O.[CH2-]CC.[K+]. The van der Waals surface area contributed by atoms with Gasteiger partial charge in [0, 0.05) is 0 Å². The van der Waals surface area contributed by atoms with Crippen LogP contribution in [0.4, 0.5) is 0 Å². The Kier molecular flexibility index (Phi) is 14.4. The molecular weight excluding hydrogens is 267 g/mol. The first-order chi connectivity index (χ1) is 6.66. The fourth-order valence-electron chi connectivity index (χ4n) is 0.479. The molecule has 0 radical (unpaired) electrons. The molecule has 0 bridgehead atoms. The van der Waals surface area contributed by atoms with E-state index in [0.717, 1.165) is 6.42 Å². The van der Waals surface area contributed by atoms with Crippen LogP contribution in [0.3, 0.4) is 0 Å². The van der Waals surface area contributed by atoms with Gasteiger partial charge in [0.2, 0.25) is 0 Å². The normalized spacial score (nSPS) is 11.4. The molecule has 90 valence electrons. The van der Waals surface area contributed by atoms with Gasteiger partial charge in [0.25, 0.3) is 10.1 Å². The van der Waals surface area contributed by atoms with Crippen LogP contribution in [0.25, 0.3) is 0 Å². The molecule has 0 rings (SSSR count). The van der Waals surface area contributed by atoms with Crippen molar-refractivity contribution < 1.29 is 84.2 Å². The maximum absolute atomic E-state index is 10.2. The van der Waals surface area contributed by atoms with Gasteiger partial charge in [0.05, 0.1) is 6.42 Å². The first-order valence-electron chi connectivity index (χ1n) is 3.86. The van der Waals surface area contributed by atoms with Crippen LogP contribution in [0.1, 0.15) is 19.8 Å².